The number of nitrogens with one attached hydrogen (secondary N) is 1. The third-order valence-corrected chi connectivity index (χ3v) is 3.88. The smallest absolute Gasteiger partial charge is 0.155 e. The second-order valence-corrected chi connectivity index (χ2v) is 5.04. The van der Waals surface area contributed by atoms with Gasteiger partial charge in [-0.2, -0.15) is 5.10 Å². The minimum atomic E-state index is 0.384. The van der Waals surface area contributed by atoms with Gasteiger partial charge in [0.15, 0.2) is 5.65 Å². The summed E-state index contributed by atoms with van der Waals surface area (Å²) in [5.41, 5.74) is 1.83. The number of rotatable bonds is 3. The van der Waals surface area contributed by atoms with Crippen molar-refractivity contribution in [3.05, 3.63) is 34.4 Å². The Bertz CT molecular complexity index is 789. The summed E-state index contributed by atoms with van der Waals surface area (Å²) in [5.74, 6) is 0.943. The number of methoxy groups -OCH3 is 2. The van der Waals surface area contributed by atoms with E-state index in [0.717, 1.165) is 5.39 Å². The van der Waals surface area contributed by atoms with E-state index >= 15 is 0 Å². The number of benzene rings is 1. The lowest BCUT2D eigenvalue weighted by molar-refractivity contribution is 0.395. The predicted octanol–water partition coefficient (Wildman–Crippen LogP) is 3.95. The number of aromatic nitrogens is 3. The first-order chi connectivity index (χ1) is 10.2. The molecule has 0 amide bonds. The summed E-state index contributed by atoms with van der Waals surface area (Å²) >= 11 is 12.7. The Morgan fingerprint density at radius 2 is 1.71 bits per heavy atom. The van der Waals surface area contributed by atoms with E-state index in [1.165, 1.54) is 14.2 Å². The van der Waals surface area contributed by atoms with Crippen molar-refractivity contribution in [2.45, 2.75) is 0 Å². The van der Waals surface area contributed by atoms with E-state index in [1.807, 2.05) is 12.1 Å². The molecule has 0 bridgehead atoms. The summed E-state index contributed by atoms with van der Waals surface area (Å²) in [6.07, 6.45) is 1.70. The van der Waals surface area contributed by atoms with Gasteiger partial charge in [-0.3, -0.25) is 5.10 Å². The maximum Gasteiger partial charge on any atom is 0.155 e. The molecule has 3 aromatic rings. The second-order valence-electron chi connectivity index (χ2n) is 4.29. The van der Waals surface area contributed by atoms with Crippen LogP contribution in [0.3, 0.4) is 0 Å². The number of H-pyrrole nitrogens is 1. The summed E-state index contributed by atoms with van der Waals surface area (Å²) < 4.78 is 10.5. The molecule has 0 atom stereocenters. The van der Waals surface area contributed by atoms with Gasteiger partial charge in [-0.15, -0.1) is 0 Å². The predicted molar refractivity (Wildman–Crippen MR) is 82.4 cm³/mol. The first kappa shape index (κ1) is 14.0. The van der Waals surface area contributed by atoms with E-state index in [1.54, 1.807) is 12.3 Å². The molecule has 0 fully saturated rings. The van der Waals surface area contributed by atoms with Gasteiger partial charge in [-0.25, -0.2) is 4.98 Å². The van der Waals surface area contributed by atoms with Crippen molar-refractivity contribution in [2.24, 2.45) is 0 Å². The van der Waals surface area contributed by atoms with Crippen molar-refractivity contribution in [2.75, 3.05) is 14.2 Å². The molecule has 0 aliphatic rings. The maximum absolute atomic E-state index is 6.37. The van der Waals surface area contributed by atoms with Crippen molar-refractivity contribution in [3.63, 3.8) is 0 Å². The number of nitrogens with zero attached hydrogens (tertiary/aromatic N) is 2. The van der Waals surface area contributed by atoms with Crippen LogP contribution in [0.2, 0.25) is 10.0 Å². The minimum absolute atomic E-state index is 0.384. The van der Waals surface area contributed by atoms with Crippen LogP contribution in [0.5, 0.6) is 11.5 Å². The van der Waals surface area contributed by atoms with Gasteiger partial charge in [-0.1, -0.05) is 23.2 Å². The van der Waals surface area contributed by atoms with Crippen LogP contribution in [0.4, 0.5) is 0 Å². The van der Waals surface area contributed by atoms with Gasteiger partial charge in [-0.05, 0) is 12.1 Å². The van der Waals surface area contributed by atoms with E-state index in [0.29, 0.717) is 38.4 Å². The first-order valence-corrected chi connectivity index (χ1v) is 6.81. The van der Waals surface area contributed by atoms with Gasteiger partial charge in [0, 0.05) is 17.0 Å². The number of fused-ring (bicyclic) bond motifs is 1. The average molecular weight is 324 g/mol. The number of hydrogen-bond acceptors (Lipinski definition) is 4. The first-order valence-electron chi connectivity index (χ1n) is 6.06. The average Bonchev–Trinajstić information content (AvgIpc) is 2.95. The van der Waals surface area contributed by atoms with Crippen molar-refractivity contribution in [1.29, 1.82) is 0 Å². The Balaban J connectivity index is 2.29. The second kappa shape index (κ2) is 5.42. The van der Waals surface area contributed by atoms with Gasteiger partial charge in [0.2, 0.25) is 0 Å². The Morgan fingerprint density at radius 1 is 1.05 bits per heavy atom. The highest BCUT2D eigenvalue weighted by Gasteiger charge is 2.19. The molecule has 2 aromatic heterocycles. The quantitative estimate of drug-likeness (QED) is 0.792. The molecule has 7 heteroatoms. The highest BCUT2D eigenvalue weighted by atomic mass is 35.5. The molecular weight excluding hydrogens is 313 g/mol. The Kier molecular flexibility index (Phi) is 3.61. The molecule has 1 N–H and O–H groups in total. The van der Waals surface area contributed by atoms with E-state index in [4.69, 9.17) is 32.7 Å². The highest BCUT2D eigenvalue weighted by Crippen LogP contribution is 2.45. The van der Waals surface area contributed by atoms with Gasteiger partial charge >= 0.3 is 0 Å². The molecular formula is C14H11Cl2N3O2. The molecule has 0 saturated heterocycles. The fraction of sp³-hybridized carbons (Fsp3) is 0.143. The summed E-state index contributed by atoms with van der Waals surface area (Å²) in [5, 5.41) is 8.43. The maximum atomic E-state index is 6.37. The lowest BCUT2D eigenvalue weighted by Gasteiger charge is -2.14. The van der Waals surface area contributed by atoms with Crippen LogP contribution in [0.25, 0.3) is 22.3 Å². The van der Waals surface area contributed by atoms with E-state index in [9.17, 15) is 0 Å². The van der Waals surface area contributed by atoms with E-state index < -0.39 is 0 Å². The molecule has 2 heterocycles. The lowest BCUT2D eigenvalue weighted by atomic mass is 10.1. The van der Waals surface area contributed by atoms with Gasteiger partial charge in [0.25, 0.3) is 0 Å². The van der Waals surface area contributed by atoms with Crippen LogP contribution in [0.1, 0.15) is 0 Å². The Labute approximate surface area is 130 Å². The van der Waals surface area contributed by atoms with Crippen LogP contribution in [-0.4, -0.2) is 29.4 Å². The van der Waals surface area contributed by atoms with Crippen molar-refractivity contribution >= 4 is 34.2 Å². The van der Waals surface area contributed by atoms with Crippen LogP contribution < -0.4 is 9.47 Å². The number of hydrogen-bond donors (Lipinski definition) is 1. The molecule has 108 valence electrons. The zero-order valence-corrected chi connectivity index (χ0v) is 12.8. The largest absolute Gasteiger partial charge is 0.495 e. The monoisotopic (exact) mass is 323 g/mol. The van der Waals surface area contributed by atoms with E-state index in [-0.39, 0.29) is 0 Å². The molecule has 0 aliphatic heterocycles. The normalized spacial score (nSPS) is 10.9. The molecule has 0 radical (unpaired) electrons. The summed E-state index contributed by atoms with van der Waals surface area (Å²) in [6.45, 7) is 0. The SMILES string of the molecule is COc1cc(OC)c(Cl)c(-c2ccc3cn[nH]c3n2)c1Cl. The van der Waals surface area contributed by atoms with Gasteiger partial charge in [0.1, 0.15) is 11.5 Å². The zero-order chi connectivity index (χ0) is 15.0. The molecule has 0 aliphatic carbocycles. The van der Waals surface area contributed by atoms with Crippen LogP contribution in [-0.2, 0) is 0 Å². The third-order valence-electron chi connectivity index (χ3n) is 3.13. The molecule has 1 aromatic carbocycles. The topological polar surface area (TPSA) is 60.0 Å². The molecule has 0 unspecified atom stereocenters. The number of halogens is 2. The minimum Gasteiger partial charge on any atom is -0.495 e. The molecule has 5 nitrogen and oxygen atoms in total. The van der Waals surface area contributed by atoms with Gasteiger partial charge in [0.05, 0.1) is 36.2 Å². The third kappa shape index (κ3) is 2.28. The van der Waals surface area contributed by atoms with E-state index in [2.05, 4.69) is 15.2 Å². The Morgan fingerprint density at radius 3 is 2.33 bits per heavy atom. The molecule has 0 spiro atoms. The zero-order valence-electron chi connectivity index (χ0n) is 11.3. The van der Waals surface area contributed by atoms with Crippen molar-refractivity contribution in [1.82, 2.24) is 15.2 Å². The van der Waals surface area contributed by atoms with Crippen molar-refractivity contribution in [3.8, 4) is 22.8 Å². The lowest BCUT2D eigenvalue weighted by Crippen LogP contribution is -1.94. The summed E-state index contributed by atoms with van der Waals surface area (Å²) in [7, 11) is 3.06. The molecule has 3 rings (SSSR count). The van der Waals surface area contributed by atoms with Crippen molar-refractivity contribution < 1.29 is 9.47 Å². The summed E-state index contributed by atoms with van der Waals surface area (Å²) in [6, 6.07) is 5.35. The molecule has 21 heavy (non-hydrogen) atoms. The number of ether oxygens (including phenoxy) is 2. The van der Waals surface area contributed by atoms with Gasteiger partial charge < -0.3 is 9.47 Å². The molecule has 0 saturated carbocycles. The van der Waals surface area contributed by atoms with Crippen LogP contribution in [0, 0.1) is 0 Å². The number of aromatic amines is 1. The van der Waals surface area contributed by atoms with Crippen LogP contribution >= 0.6 is 23.2 Å². The summed E-state index contributed by atoms with van der Waals surface area (Å²) in [4.78, 5) is 4.48. The number of pyridine rings is 1. The van der Waals surface area contributed by atoms with Crippen LogP contribution in [0.15, 0.2) is 24.4 Å². The fourth-order valence-corrected chi connectivity index (χ4v) is 2.77. The highest BCUT2D eigenvalue weighted by molar-refractivity contribution is 6.41. The fourth-order valence-electron chi connectivity index (χ4n) is 2.08. The Hall–Kier alpha value is -1.98. The standard InChI is InChI=1S/C14H11Cl2N3O2/c1-20-9-5-10(21-2)13(16)11(12(9)15)8-4-3-7-6-17-19-14(7)18-8/h3-6H,1-2H3,(H,17,18,19).